The molecule has 0 saturated carbocycles. The number of nitrogens with one attached hydrogen (secondary N) is 1. The van der Waals surface area contributed by atoms with Crippen molar-refractivity contribution in [3.05, 3.63) is 80.9 Å². The van der Waals surface area contributed by atoms with Gasteiger partial charge in [-0.15, -0.1) is 0 Å². The lowest BCUT2D eigenvalue weighted by Crippen LogP contribution is -2.19. The van der Waals surface area contributed by atoms with Gasteiger partial charge in [-0.1, -0.05) is 29.3 Å². The van der Waals surface area contributed by atoms with Crippen molar-refractivity contribution in [2.24, 2.45) is 4.99 Å². The summed E-state index contributed by atoms with van der Waals surface area (Å²) in [5.74, 6) is 0.310. The minimum Gasteiger partial charge on any atom is -0.462 e. The van der Waals surface area contributed by atoms with Gasteiger partial charge in [0.05, 0.1) is 27.8 Å². The van der Waals surface area contributed by atoms with Crippen LogP contribution in [-0.2, 0) is 9.53 Å². The van der Waals surface area contributed by atoms with Crippen molar-refractivity contribution in [3.8, 4) is 11.3 Å². The third-order valence-corrected chi connectivity index (χ3v) is 6.11. The molecule has 168 valence electrons. The Hall–Kier alpha value is -3.29. The van der Waals surface area contributed by atoms with Crippen molar-refractivity contribution in [3.63, 3.8) is 0 Å². The van der Waals surface area contributed by atoms with Crippen LogP contribution >= 0.6 is 23.4 Å². The van der Waals surface area contributed by atoms with Gasteiger partial charge in [-0.05, 0) is 74.5 Å². The van der Waals surface area contributed by atoms with Crippen LogP contribution in [0, 0.1) is 13.8 Å². The molecule has 1 fully saturated rings. The number of benzene rings is 2. The fourth-order valence-electron chi connectivity index (χ4n) is 3.28. The zero-order valence-corrected chi connectivity index (χ0v) is 19.8. The van der Waals surface area contributed by atoms with Crippen molar-refractivity contribution < 1.29 is 18.7 Å². The maximum Gasteiger partial charge on any atom is 0.339 e. The Balaban J connectivity index is 1.55. The average molecular weight is 481 g/mol. The molecular weight excluding hydrogens is 460 g/mol. The smallest absolute Gasteiger partial charge is 0.339 e. The van der Waals surface area contributed by atoms with E-state index in [1.165, 1.54) is 11.8 Å². The van der Waals surface area contributed by atoms with Gasteiger partial charge < -0.3 is 14.5 Å². The fraction of sp³-hybridized carbons (Fsp3) is 0.160. The zero-order chi connectivity index (χ0) is 23.5. The SMILES string of the molecule is CCOC(=O)c1cc(-c2ccc(/C=C3\SC(=Nc4ccc(C)cc4C)NC3=O)o2)ccc1Cl. The molecule has 6 nitrogen and oxygen atoms in total. The number of aliphatic imine (C=N–C) groups is 1. The molecule has 33 heavy (non-hydrogen) atoms. The monoisotopic (exact) mass is 480 g/mol. The summed E-state index contributed by atoms with van der Waals surface area (Å²) in [5.41, 5.74) is 3.95. The van der Waals surface area contributed by atoms with Gasteiger partial charge in [0.2, 0.25) is 0 Å². The highest BCUT2D eigenvalue weighted by molar-refractivity contribution is 8.18. The standard InChI is InChI=1S/C25H21ClN2O4S/c1-4-31-24(30)18-12-16(6-8-19(18)26)21-10-7-17(32-21)13-22-23(29)28-25(33-22)27-20-9-5-14(2)11-15(20)3/h5-13H,4H2,1-3H3,(H,27,28,29)/b22-13-. The molecule has 1 N–H and O–H groups in total. The highest BCUT2D eigenvalue weighted by Gasteiger charge is 2.24. The van der Waals surface area contributed by atoms with Crippen LogP contribution in [0.15, 0.2) is 62.8 Å². The first-order valence-electron chi connectivity index (χ1n) is 10.3. The number of furan rings is 1. The average Bonchev–Trinajstić information content (AvgIpc) is 3.37. The molecule has 0 bridgehead atoms. The second-order valence-corrected chi connectivity index (χ2v) is 8.83. The number of rotatable bonds is 5. The van der Waals surface area contributed by atoms with Gasteiger partial charge in [-0.2, -0.15) is 0 Å². The predicted octanol–water partition coefficient (Wildman–Crippen LogP) is 6.29. The van der Waals surface area contributed by atoms with Gasteiger partial charge in [-0.25, -0.2) is 9.79 Å². The maximum atomic E-state index is 12.4. The Bertz CT molecular complexity index is 1310. The number of amidine groups is 1. The van der Waals surface area contributed by atoms with E-state index >= 15 is 0 Å². The van der Waals surface area contributed by atoms with Gasteiger partial charge in [0, 0.05) is 11.6 Å². The van der Waals surface area contributed by atoms with Gasteiger partial charge >= 0.3 is 5.97 Å². The molecule has 1 aliphatic heterocycles. The van der Waals surface area contributed by atoms with Crippen LogP contribution in [0.4, 0.5) is 5.69 Å². The molecule has 3 aromatic rings. The molecule has 0 aliphatic carbocycles. The Morgan fingerprint density at radius 1 is 1.18 bits per heavy atom. The third-order valence-electron chi connectivity index (χ3n) is 4.87. The Morgan fingerprint density at radius 2 is 2.00 bits per heavy atom. The predicted molar refractivity (Wildman–Crippen MR) is 132 cm³/mol. The fourth-order valence-corrected chi connectivity index (χ4v) is 4.29. The number of aryl methyl sites for hydroxylation is 2. The highest BCUT2D eigenvalue weighted by Crippen LogP contribution is 2.32. The number of ether oxygens (including phenoxy) is 1. The third kappa shape index (κ3) is 5.21. The lowest BCUT2D eigenvalue weighted by molar-refractivity contribution is -0.115. The van der Waals surface area contributed by atoms with Crippen LogP contribution in [0.2, 0.25) is 5.02 Å². The molecule has 1 aromatic heterocycles. The number of hydrogen-bond acceptors (Lipinski definition) is 6. The molecule has 1 saturated heterocycles. The van der Waals surface area contributed by atoms with E-state index in [-0.39, 0.29) is 18.1 Å². The maximum absolute atomic E-state index is 12.4. The minimum absolute atomic E-state index is 0.238. The molecule has 2 aromatic carbocycles. The number of hydrogen-bond donors (Lipinski definition) is 1. The second-order valence-electron chi connectivity index (χ2n) is 7.39. The summed E-state index contributed by atoms with van der Waals surface area (Å²) in [7, 11) is 0. The normalized spacial score (nSPS) is 15.8. The van der Waals surface area contributed by atoms with Crippen molar-refractivity contribution in [1.29, 1.82) is 0 Å². The highest BCUT2D eigenvalue weighted by atomic mass is 35.5. The summed E-state index contributed by atoms with van der Waals surface area (Å²) < 4.78 is 10.9. The van der Waals surface area contributed by atoms with Gasteiger partial charge in [0.1, 0.15) is 11.5 Å². The van der Waals surface area contributed by atoms with Crippen LogP contribution in [0.3, 0.4) is 0 Å². The number of halogens is 1. The van der Waals surface area contributed by atoms with E-state index in [9.17, 15) is 9.59 Å². The first kappa shape index (κ1) is 22.9. The summed E-state index contributed by atoms with van der Waals surface area (Å²) in [6.07, 6.45) is 1.66. The van der Waals surface area contributed by atoms with Crippen LogP contribution in [0.25, 0.3) is 17.4 Å². The summed E-state index contributed by atoms with van der Waals surface area (Å²) in [6, 6.07) is 14.5. The van der Waals surface area contributed by atoms with Crippen LogP contribution < -0.4 is 5.32 Å². The quantitative estimate of drug-likeness (QED) is 0.343. The molecule has 0 atom stereocenters. The van der Waals surface area contributed by atoms with E-state index < -0.39 is 5.97 Å². The molecule has 4 rings (SSSR count). The van der Waals surface area contributed by atoms with E-state index in [4.69, 9.17) is 20.8 Å². The van der Waals surface area contributed by atoms with Crippen molar-refractivity contribution in [2.75, 3.05) is 6.61 Å². The molecule has 0 unspecified atom stereocenters. The number of nitrogens with zero attached hydrogens (tertiary/aromatic N) is 1. The first-order chi connectivity index (χ1) is 15.8. The topological polar surface area (TPSA) is 80.9 Å². The first-order valence-corrected chi connectivity index (χ1v) is 11.5. The molecular formula is C25H21ClN2O4S. The molecule has 0 spiro atoms. The summed E-state index contributed by atoms with van der Waals surface area (Å²) >= 11 is 7.39. The molecule has 2 heterocycles. The van der Waals surface area contributed by atoms with Gasteiger partial charge in [0.25, 0.3) is 5.91 Å². The number of carbonyl (C=O) groups excluding carboxylic acids is 2. The molecule has 8 heteroatoms. The van der Waals surface area contributed by atoms with E-state index in [1.807, 2.05) is 32.0 Å². The number of esters is 1. The van der Waals surface area contributed by atoms with Crippen molar-refractivity contribution in [2.45, 2.75) is 20.8 Å². The van der Waals surface area contributed by atoms with Crippen LogP contribution in [-0.4, -0.2) is 23.7 Å². The molecule has 1 aliphatic rings. The van der Waals surface area contributed by atoms with E-state index in [0.717, 1.165) is 16.8 Å². The van der Waals surface area contributed by atoms with Crippen molar-refractivity contribution in [1.82, 2.24) is 5.32 Å². The number of carbonyl (C=O) groups is 2. The van der Waals surface area contributed by atoms with E-state index in [0.29, 0.717) is 32.2 Å². The largest absolute Gasteiger partial charge is 0.462 e. The minimum atomic E-state index is -0.493. The molecule has 0 radical (unpaired) electrons. The number of amides is 1. The van der Waals surface area contributed by atoms with Gasteiger partial charge in [0.15, 0.2) is 5.17 Å². The Morgan fingerprint density at radius 3 is 2.76 bits per heavy atom. The summed E-state index contributed by atoms with van der Waals surface area (Å²) in [4.78, 5) is 29.6. The van der Waals surface area contributed by atoms with Crippen LogP contribution in [0.5, 0.6) is 0 Å². The lowest BCUT2D eigenvalue weighted by atomic mass is 10.1. The number of thioether (sulfide) groups is 1. The van der Waals surface area contributed by atoms with Crippen molar-refractivity contribution >= 4 is 52.2 Å². The van der Waals surface area contributed by atoms with E-state index in [1.54, 1.807) is 43.3 Å². The lowest BCUT2D eigenvalue weighted by Gasteiger charge is -2.05. The van der Waals surface area contributed by atoms with Gasteiger partial charge in [-0.3, -0.25) is 4.79 Å². The second kappa shape index (κ2) is 9.68. The Labute approximate surface area is 200 Å². The van der Waals surface area contributed by atoms with Crippen LogP contribution in [0.1, 0.15) is 34.2 Å². The summed E-state index contributed by atoms with van der Waals surface area (Å²) in [5, 5.41) is 3.61. The molecule has 1 amide bonds. The Kier molecular flexibility index (Phi) is 6.72. The zero-order valence-electron chi connectivity index (χ0n) is 18.3. The summed E-state index contributed by atoms with van der Waals surface area (Å²) in [6.45, 7) is 6.00. The van der Waals surface area contributed by atoms with E-state index in [2.05, 4.69) is 10.3 Å².